The van der Waals surface area contributed by atoms with Crippen LogP contribution in [0.25, 0.3) is 0 Å². The maximum absolute atomic E-state index is 10.1. The Morgan fingerprint density at radius 3 is 2.31 bits per heavy atom. The first kappa shape index (κ1) is 15.9. The zero-order valence-electron chi connectivity index (χ0n) is 8.96. The van der Waals surface area contributed by atoms with Gasteiger partial charge in [-0.3, -0.25) is 0 Å². The number of ether oxygens (including phenoxy) is 2. The number of rotatable bonds is 6. The van der Waals surface area contributed by atoms with E-state index in [9.17, 15) is 13.0 Å². The molecule has 0 radical (unpaired) electrons. The molecule has 7 heteroatoms. The van der Waals surface area contributed by atoms with Gasteiger partial charge < -0.3 is 14.0 Å². The second kappa shape index (κ2) is 8.05. The van der Waals surface area contributed by atoms with E-state index in [2.05, 4.69) is 4.74 Å². The molecule has 16 heavy (non-hydrogen) atoms. The van der Waals surface area contributed by atoms with Crippen LogP contribution in [-0.4, -0.2) is 32.1 Å². The van der Waals surface area contributed by atoms with Gasteiger partial charge in [-0.05, 0) is 12.1 Å². The van der Waals surface area contributed by atoms with Crippen LogP contribution >= 0.6 is 0 Å². The number of hydrogen-bond donors (Lipinski definition) is 0. The van der Waals surface area contributed by atoms with Crippen LogP contribution in [0.15, 0.2) is 30.3 Å². The minimum atomic E-state index is -4.30. The molecule has 0 amide bonds. The van der Waals surface area contributed by atoms with E-state index < -0.39 is 16.1 Å². The van der Waals surface area contributed by atoms with Gasteiger partial charge in [-0.25, -0.2) is 8.42 Å². The Bertz CT molecular complexity index is 378. The SMILES string of the molecule is O=S(=O)([O-])COCCOc1ccccc1.[Na+]. The van der Waals surface area contributed by atoms with E-state index in [-0.39, 0.29) is 42.8 Å². The summed E-state index contributed by atoms with van der Waals surface area (Å²) in [6, 6.07) is 9.03. The van der Waals surface area contributed by atoms with E-state index in [1.165, 1.54) is 0 Å². The molecule has 0 fully saturated rings. The molecule has 1 aromatic rings. The number of hydrogen-bond acceptors (Lipinski definition) is 5. The molecule has 0 heterocycles. The van der Waals surface area contributed by atoms with Crippen LogP contribution in [0.2, 0.25) is 0 Å². The fourth-order valence-electron chi connectivity index (χ4n) is 0.896. The molecule has 84 valence electrons. The summed E-state index contributed by atoms with van der Waals surface area (Å²) >= 11 is 0. The normalized spacial score (nSPS) is 10.6. The van der Waals surface area contributed by atoms with Gasteiger partial charge in [0, 0.05) is 0 Å². The van der Waals surface area contributed by atoms with Crippen molar-refractivity contribution in [1.29, 1.82) is 0 Å². The van der Waals surface area contributed by atoms with Gasteiger partial charge in [-0.2, -0.15) is 0 Å². The quantitative estimate of drug-likeness (QED) is 0.321. The summed E-state index contributed by atoms with van der Waals surface area (Å²) in [6.07, 6.45) is 0. The summed E-state index contributed by atoms with van der Waals surface area (Å²) < 4.78 is 40.2. The zero-order valence-corrected chi connectivity index (χ0v) is 11.8. The molecule has 0 aromatic heterocycles. The van der Waals surface area contributed by atoms with Gasteiger partial charge in [0.2, 0.25) is 0 Å². The van der Waals surface area contributed by atoms with Crippen molar-refractivity contribution in [2.45, 2.75) is 0 Å². The Labute approximate surface area is 117 Å². The Morgan fingerprint density at radius 1 is 1.12 bits per heavy atom. The van der Waals surface area contributed by atoms with Crippen molar-refractivity contribution in [3.8, 4) is 5.75 Å². The third-order valence-corrected chi connectivity index (χ3v) is 1.92. The summed E-state index contributed by atoms with van der Waals surface area (Å²) in [6.45, 7) is 0.274. The second-order valence-electron chi connectivity index (χ2n) is 2.75. The first-order valence-corrected chi connectivity index (χ1v) is 5.85. The van der Waals surface area contributed by atoms with Crippen LogP contribution in [0.4, 0.5) is 0 Å². The Hall–Kier alpha value is -0.110. The van der Waals surface area contributed by atoms with E-state index in [1.807, 2.05) is 18.2 Å². The van der Waals surface area contributed by atoms with Crippen molar-refractivity contribution in [1.82, 2.24) is 0 Å². The minimum Gasteiger partial charge on any atom is -0.746 e. The predicted molar refractivity (Wildman–Crippen MR) is 52.5 cm³/mol. The molecule has 0 bridgehead atoms. The predicted octanol–water partition coefficient (Wildman–Crippen LogP) is -2.41. The van der Waals surface area contributed by atoms with Gasteiger partial charge in [0.1, 0.15) is 28.4 Å². The summed E-state index contributed by atoms with van der Waals surface area (Å²) in [7, 11) is -4.30. The van der Waals surface area contributed by atoms with E-state index in [0.29, 0.717) is 5.75 Å². The largest absolute Gasteiger partial charge is 1.00 e. The van der Waals surface area contributed by atoms with Crippen molar-refractivity contribution < 1.29 is 52.0 Å². The monoisotopic (exact) mass is 254 g/mol. The molecule has 5 nitrogen and oxygen atoms in total. The summed E-state index contributed by atoms with van der Waals surface area (Å²) in [5, 5.41) is 0. The Morgan fingerprint density at radius 2 is 1.75 bits per heavy atom. The average molecular weight is 254 g/mol. The van der Waals surface area contributed by atoms with Gasteiger partial charge in [-0.15, -0.1) is 0 Å². The average Bonchev–Trinajstić information content (AvgIpc) is 2.17. The molecule has 0 unspecified atom stereocenters. The molecule has 1 rings (SSSR count). The van der Waals surface area contributed by atoms with Crippen molar-refractivity contribution >= 4 is 10.1 Å². The van der Waals surface area contributed by atoms with Gasteiger partial charge in [-0.1, -0.05) is 18.2 Å². The van der Waals surface area contributed by atoms with E-state index >= 15 is 0 Å². The zero-order chi connectivity index (χ0) is 11.1. The summed E-state index contributed by atoms with van der Waals surface area (Å²) in [5.74, 6) is -0.142. The van der Waals surface area contributed by atoms with Crippen LogP contribution in [0.1, 0.15) is 0 Å². The molecule has 0 atom stereocenters. The van der Waals surface area contributed by atoms with Crippen LogP contribution in [-0.2, 0) is 14.9 Å². The fraction of sp³-hybridized carbons (Fsp3) is 0.333. The fourth-order valence-corrected chi connectivity index (χ4v) is 1.22. The molecule has 0 saturated carbocycles. The Balaban J connectivity index is 0.00000225. The first-order valence-electron chi connectivity index (χ1n) is 4.27. The molecule has 0 N–H and O–H groups in total. The van der Waals surface area contributed by atoms with Gasteiger partial charge in [0.25, 0.3) is 0 Å². The number of para-hydroxylation sites is 1. The van der Waals surface area contributed by atoms with Crippen molar-refractivity contribution in [2.24, 2.45) is 0 Å². The van der Waals surface area contributed by atoms with E-state index in [4.69, 9.17) is 4.74 Å². The van der Waals surface area contributed by atoms with E-state index in [1.54, 1.807) is 12.1 Å². The molecular formula is C9H11NaO5S. The third-order valence-electron chi connectivity index (χ3n) is 1.47. The number of benzene rings is 1. The first-order chi connectivity index (χ1) is 7.08. The molecule has 0 aliphatic rings. The van der Waals surface area contributed by atoms with Crippen LogP contribution < -0.4 is 34.3 Å². The van der Waals surface area contributed by atoms with Crippen molar-refractivity contribution in [3.63, 3.8) is 0 Å². The molecule has 1 aromatic carbocycles. The van der Waals surface area contributed by atoms with Gasteiger partial charge in [0.05, 0.1) is 6.61 Å². The standard InChI is InChI=1S/C9H12O5S.Na/c10-15(11,12)8-13-6-7-14-9-4-2-1-3-5-9;/h1-5H,6-8H2,(H,10,11,12);/q;+1/p-1. The summed E-state index contributed by atoms with van der Waals surface area (Å²) in [4.78, 5) is 0. The molecule has 0 aliphatic heterocycles. The molecule has 0 saturated heterocycles. The van der Waals surface area contributed by atoms with Gasteiger partial charge >= 0.3 is 29.6 Å². The summed E-state index contributed by atoms with van der Waals surface area (Å²) in [5.41, 5.74) is 0. The smallest absolute Gasteiger partial charge is 0.746 e. The molecular weight excluding hydrogens is 243 g/mol. The third kappa shape index (κ3) is 8.09. The van der Waals surface area contributed by atoms with Crippen LogP contribution in [0, 0.1) is 0 Å². The maximum atomic E-state index is 10.1. The van der Waals surface area contributed by atoms with Crippen molar-refractivity contribution in [2.75, 3.05) is 19.2 Å². The Kier molecular flexibility index (Phi) is 8.00. The second-order valence-corrected chi connectivity index (χ2v) is 4.10. The maximum Gasteiger partial charge on any atom is 1.00 e. The van der Waals surface area contributed by atoms with Crippen LogP contribution in [0.5, 0.6) is 5.75 Å². The topological polar surface area (TPSA) is 75.7 Å². The van der Waals surface area contributed by atoms with E-state index in [0.717, 1.165) is 0 Å². The van der Waals surface area contributed by atoms with Crippen LogP contribution in [0.3, 0.4) is 0 Å². The molecule has 0 aliphatic carbocycles. The van der Waals surface area contributed by atoms with Gasteiger partial charge in [0.15, 0.2) is 0 Å². The van der Waals surface area contributed by atoms with Crippen molar-refractivity contribution in [3.05, 3.63) is 30.3 Å². The molecule has 0 spiro atoms. The minimum absolute atomic E-state index is 0.